The van der Waals surface area contributed by atoms with Crippen LogP contribution in [-0.4, -0.2) is 18.1 Å². The monoisotopic (exact) mass is 300 g/mol. The molecule has 3 heteroatoms. The summed E-state index contributed by atoms with van der Waals surface area (Å²) in [4.78, 5) is 11.5. The third kappa shape index (κ3) is 4.64. The van der Waals surface area contributed by atoms with E-state index in [9.17, 15) is 4.79 Å². The van der Waals surface area contributed by atoms with Crippen LogP contribution in [0.4, 0.5) is 0 Å². The van der Waals surface area contributed by atoms with Crippen molar-refractivity contribution in [3.63, 3.8) is 0 Å². The van der Waals surface area contributed by atoms with Crippen molar-refractivity contribution in [3.05, 3.63) is 65.2 Å². The van der Waals surface area contributed by atoms with E-state index in [0.29, 0.717) is 17.9 Å². The fourth-order valence-electron chi connectivity index (χ4n) is 2.05. The van der Waals surface area contributed by atoms with Gasteiger partial charge in [-0.25, -0.2) is 0 Å². The second kappa shape index (κ2) is 7.89. The lowest BCUT2D eigenvalue weighted by Crippen LogP contribution is -2.04. The molecular weight excluding hydrogens is 280 g/mol. The Hall–Kier alpha value is -1.74. The number of carbonyl (C=O) groups excluding carboxylic acids is 1. The van der Waals surface area contributed by atoms with Crippen molar-refractivity contribution < 1.29 is 9.53 Å². The zero-order valence-corrected chi connectivity index (χ0v) is 13.3. The third-order valence-corrected chi connectivity index (χ3v) is 4.24. The van der Waals surface area contributed by atoms with Crippen LogP contribution in [-0.2, 0) is 5.75 Å². The number of benzene rings is 2. The van der Waals surface area contributed by atoms with E-state index >= 15 is 0 Å². The van der Waals surface area contributed by atoms with Crippen LogP contribution >= 0.6 is 11.8 Å². The lowest BCUT2D eigenvalue weighted by atomic mass is 10.1. The fraction of sp³-hybridized carbons (Fsp3) is 0.278. The summed E-state index contributed by atoms with van der Waals surface area (Å²) in [6, 6.07) is 15.8. The first kappa shape index (κ1) is 15.6. The van der Waals surface area contributed by atoms with Crippen molar-refractivity contribution in [1.82, 2.24) is 0 Å². The molecule has 0 aliphatic heterocycles. The van der Waals surface area contributed by atoms with Gasteiger partial charge in [0.2, 0.25) is 0 Å². The summed E-state index contributed by atoms with van der Waals surface area (Å²) in [5, 5.41) is 0. The van der Waals surface area contributed by atoms with Crippen molar-refractivity contribution in [1.29, 1.82) is 0 Å². The smallest absolute Gasteiger partial charge is 0.163 e. The summed E-state index contributed by atoms with van der Waals surface area (Å²) in [6.45, 7) is 4.31. The van der Waals surface area contributed by atoms with Gasteiger partial charge in [-0.2, -0.15) is 11.8 Å². The van der Waals surface area contributed by atoms with Gasteiger partial charge >= 0.3 is 0 Å². The molecule has 0 aliphatic carbocycles. The number of ether oxygens (including phenoxy) is 1. The molecule has 110 valence electrons. The minimum Gasteiger partial charge on any atom is -0.492 e. The molecule has 0 aliphatic rings. The number of ketones is 1. The first-order valence-electron chi connectivity index (χ1n) is 7.03. The molecule has 0 spiro atoms. The molecule has 0 fully saturated rings. The van der Waals surface area contributed by atoms with E-state index in [0.717, 1.165) is 11.5 Å². The first-order chi connectivity index (χ1) is 10.2. The molecule has 0 bridgehead atoms. The van der Waals surface area contributed by atoms with E-state index in [1.807, 2.05) is 30.0 Å². The Morgan fingerprint density at radius 2 is 1.81 bits per heavy atom. The molecule has 0 atom stereocenters. The SMILES string of the molecule is CC(=O)c1ccccc1OCCSCc1ccccc1C. The van der Waals surface area contributed by atoms with Gasteiger partial charge in [-0.15, -0.1) is 0 Å². The maximum atomic E-state index is 11.5. The molecule has 2 nitrogen and oxygen atoms in total. The molecular formula is C18H20O2S. The Bertz CT molecular complexity index is 608. The van der Waals surface area contributed by atoms with E-state index in [2.05, 4.69) is 31.2 Å². The van der Waals surface area contributed by atoms with Gasteiger partial charge in [0.25, 0.3) is 0 Å². The summed E-state index contributed by atoms with van der Waals surface area (Å²) < 4.78 is 5.72. The number of hydrogen-bond donors (Lipinski definition) is 0. The van der Waals surface area contributed by atoms with E-state index in [1.54, 1.807) is 13.0 Å². The zero-order valence-electron chi connectivity index (χ0n) is 12.5. The molecule has 0 N–H and O–H groups in total. The maximum Gasteiger partial charge on any atom is 0.163 e. The second-order valence-electron chi connectivity index (χ2n) is 4.88. The summed E-state index contributed by atoms with van der Waals surface area (Å²) in [7, 11) is 0. The van der Waals surface area contributed by atoms with Crippen LogP contribution in [0.25, 0.3) is 0 Å². The molecule has 0 radical (unpaired) electrons. The van der Waals surface area contributed by atoms with Gasteiger partial charge in [0.1, 0.15) is 5.75 Å². The normalized spacial score (nSPS) is 10.4. The van der Waals surface area contributed by atoms with Crippen molar-refractivity contribution >= 4 is 17.5 Å². The number of aryl methyl sites for hydroxylation is 1. The lowest BCUT2D eigenvalue weighted by molar-refractivity contribution is 0.101. The van der Waals surface area contributed by atoms with Crippen LogP contribution in [0.3, 0.4) is 0 Å². The van der Waals surface area contributed by atoms with Crippen LogP contribution in [0.5, 0.6) is 5.75 Å². The quantitative estimate of drug-likeness (QED) is 0.556. The predicted octanol–water partition coefficient (Wildman–Crippen LogP) is 4.51. The Balaban J connectivity index is 1.78. The van der Waals surface area contributed by atoms with Gasteiger partial charge in [-0.1, -0.05) is 36.4 Å². The number of hydrogen-bond acceptors (Lipinski definition) is 3. The molecule has 0 unspecified atom stereocenters. The summed E-state index contributed by atoms with van der Waals surface area (Å²) >= 11 is 1.84. The van der Waals surface area contributed by atoms with Gasteiger partial charge in [-0.05, 0) is 37.1 Å². The van der Waals surface area contributed by atoms with Gasteiger partial charge in [0, 0.05) is 11.5 Å². The topological polar surface area (TPSA) is 26.3 Å². The van der Waals surface area contributed by atoms with Crippen molar-refractivity contribution in [2.75, 3.05) is 12.4 Å². The van der Waals surface area contributed by atoms with Crippen LogP contribution in [0.1, 0.15) is 28.4 Å². The van der Waals surface area contributed by atoms with E-state index in [1.165, 1.54) is 11.1 Å². The van der Waals surface area contributed by atoms with Gasteiger partial charge in [0.15, 0.2) is 5.78 Å². The molecule has 21 heavy (non-hydrogen) atoms. The number of Topliss-reactive ketones (excluding diaryl/α,β-unsaturated/α-hetero) is 1. The molecule has 2 aromatic carbocycles. The standard InChI is InChI=1S/C18H20O2S/c1-14-7-3-4-8-16(14)13-21-12-11-20-18-10-6-5-9-17(18)15(2)19/h3-10H,11-13H2,1-2H3. The van der Waals surface area contributed by atoms with Gasteiger partial charge in [-0.3, -0.25) is 4.79 Å². The van der Waals surface area contributed by atoms with Crippen molar-refractivity contribution in [2.24, 2.45) is 0 Å². The van der Waals surface area contributed by atoms with Crippen LogP contribution in [0, 0.1) is 6.92 Å². The van der Waals surface area contributed by atoms with E-state index < -0.39 is 0 Å². The highest BCUT2D eigenvalue weighted by Crippen LogP contribution is 2.20. The van der Waals surface area contributed by atoms with Crippen LogP contribution in [0.2, 0.25) is 0 Å². The predicted molar refractivity (Wildman–Crippen MR) is 89.3 cm³/mol. The summed E-state index contributed by atoms with van der Waals surface area (Å²) in [5.41, 5.74) is 3.35. The van der Waals surface area contributed by atoms with E-state index in [4.69, 9.17) is 4.74 Å². The van der Waals surface area contributed by atoms with Crippen LogP contribution < -0.4 is 4.74 Å². The second-order valence-corrected chi connectivity index (χ2v) is 5.99. The lowest BCUT2D eigenvalue weighted by Gasteiger charge is -2.10. The third-order valence-electron chi connectivity index (χ3n) is 3.27. The highest BCUT2D eigenvalue weighted by Gasteiger charge is 2.06. The summed E-state index contributed by atoms with van der Waals surface area (Å²) in [5.74, 6) is 2.62. The highest BCUT2D eigenvalue weighted by molar-refractivity contribution is 7.98. The Morgan fingerprint density at radius 3 is 2.57 bits per heavy atom. The van der Waals surface area contributed by atoms with Crippen molar-refractivity contribution in [2.45, 2.75) is 19.6 Å². The number of rotatable bonds is 7. The zero-order chi connectivity index (χ0) is 15.1. The Kier molecular flexibility index (Phi) is 5.88. The number of para-hydroxylation sites is 1. The first-order valence-corrected chi connectivity index (χ1v) is 8.19. The van der Waals surface area contributed by atoms with E-state index in [-0.39, 0.29) is 5.78 Å². The number of thioether (sulfide) groups is 1. The summed E-state index contributed by atoms with van der Waals surface area (Å²) in [6.07, 6.45) is 0. The average Bonchev–Trinajstić information content (AvgIpc) is 2.49. The van der Waals surface area contributed by atoms with Gasteiger partial charge < -0.3 is 4.74 Å². The molecule has 0 amide bonds. The Labute approximate surface area is 130 Å². The molecule has 0 aromatic heterocycles. The van der Waals surface area contributed by atoms with Crippen LogP contribution in [0.15, 0.2) is 48.5 Å². The Morgan fingerprint density at radius 1 is 1.10 bits per heavy atom. The molecule has 2 rings (SSSR count). The minimum absolute atomic E-state index is 0.0400. The van der Waals surface area contributed by atoms with Gasteiger partial charge in [0.05, 0.1) is 12.2 Å². The highest BCUT2D eigenvalue weighted by atomic mass is 32.2. The molecule has 2 aromatic rings. The number of carbonyl (C=O) groups is 1. The largest absolute Gasteiger partial charge is 0.492 e. The minimum atomic E-state index is 0.0400. The maximum absolute atomic E-state index is 11.5. The fourth-order valence-corrected chi connectivity index (χ4v) is 2.94. The molecule has 0 saturated heterocycles. The van der Waals surface area contributed by atoms with Crippen molar-refractivity contribution in [3.8, 4) is 5.75 Å². The molecule has 0 saturated carbocycles. The molecule has 0 heterocycles. The average molecular weight is 300 g/mol.